The zero-order valence-corrected chi connectivity index (χ0v) is 9.99. The first-order chi connectivity index (χ1) is 8.40. The van der Waals surface area contributed by atoms with E-state index in [1.54, 1.807) is 13.8 Å². The predicted octanol–water partition coefficient (Wildman–Crippen LogP) is 2.72. The fourth-order valence-electron chi connectivity index (χ4n) is 1.29. The molecule has 0 amide bonds. The molecule has 0 radical (unpaired) electrons. The maximum atomic E-state index is 12.4. The highest BCUT2D eigenvalue weighted by Gasteiger charge is 2.34. The highest BCUT2D eigenvalue weighted by atomic mass is 19.4. The van der Waals surface area contributed by atoms with Crippen molar-refractivity contribution < 1.29 is 22.7 Å². The lowest BCUT2D eigenvalue weighted by molar-refractivity contribution is -0.141. The number of alkyl halides is 3. The molecule has 1 aromatic rings. The maximum Gasteiger partial charge on any atom is 0.434 e. The van der Waals surface area contributed by atoms with Crippen molar-refractivity contribution in [2.75, 3.05) is 6.61 Å². The summed E-state index contributed by atoms with van der Waals surface area (Å²) in [4.78, 5) is 14.8. The molecule has 0 aliphatic rings. The smallest absolute Gasteiger partial charge is 0.434 e. The van der Waals surface area contributed by atoms with Crippen LogP contribution in [-0.4, -0.2) is 22.1 Å². The standard InChI is InChI=1S/C11H13F3N2O2/c1-3-5-8(10(17)18-4-2)16-6-9(15-7-16)11(12,13)14/h5-7H,3-4H2,1-2H3/b8-5+. The summed E-state index contributed by atoms with van der Waals surface area (Å²) < 4.78 is 43.0. The molecule has 18 heavy (non-hydrogen) atoms. The monoisotopic (exact) mass is 262 g/mol. The zero-order chi connectivity index (χ0) is 13.8. The summed E-state index contributed by atoms with van der Waals surface area (Å²) in [6, 6.07) is 0. The fourth-order valence-corrected chi connectivity index (χ4v) is 1.29. The quantitative estimate of drug-likeness (QED) is 0.619. The first-order valence-corrected chi connectivity index (χ1v) is 5.39. The lowest BCUT2D eigenvalue weighted by atomic mass is 10.3. The topological polar surface area (TPSA) is 44.1 Å². The lowest BCUT2D eigenvalue weighted by Crippen LogP contribution is -2.11. The molecular weight excluding hydrogens is 249 g/mol. The maximum absolute atomic E-state index is 12.4. The summed E-state index contributed by atoms with van der Waals surface area (Å²) in [5.41, 5.74) is -1.02. The summed E-state index contributed by atoms with van der Waals surface area (Å²) in [5.74, 6) is -0.675. The molecule has 0 bridgehead atoms. The molecule has 0 fully saturated rings. The second kappa shape index (κ2) is 5.70. The number of carbonyl (C=O) groups excluding carboxylic acids is 1. The molecule has 0 spiro atoms. The van der Waals surface area contributed by atoms with E-state index in [0.717, 1.165) is 17.1 Å². The van der Waals surface area contributed by atoms with Gasteiger partial charge in [0.1, 0.15) is 12.0 Å². The Morgan fingerprint density at radius 3 is 2.61 bits per heavy atom. The van der Waals surface area contributed by atoms with Gasteiger partial charge in [0.25, 0.3) is 0 Å². The van der Waals surface area contributed by atoms with E-state index in [1.807, 2.05) is 0 Å². The highest BCUT2D eigenvalue weighted by molar-refractivity contribution is 6.09. The van der Waals surface area contributed by atoms with Gasteiger partial charge in [-0.1, -0.05) is 13.0 Å². The molecule has 1 aromatic heterocycles. The van der Waals surface area contributed by atoms with Crippen molar-refractivity contribution >= 4 is 11.7 Å². The molecule has 0 saturated heterocycles. The minimum absolute atomic E-state index is 0.0300. The Labute approximate surface area is 102 Å². The number of esters is 1. The van der Waals surface area contributed by atoms with Crippen LogP contribution in [0, 0.1) is 0 Å². The minimum Gasteiger partial charge on any atom is -0.461 e. The van der Waals surface area contributed by atoms with Crippen LogP contribution in [-0.2, 0) is 15.7 Å². The molecule has 0 atom stereocenters. The van der Waals surface area contributed by atoms with Gasteiger partial charge in [-0.15, -0.1) is 0 Å². The Hall–Kier alpha value is -1.79. The average molecular weight is 262 g/mol. The molecule has 100 valence electrons. The van der Waals surface area contributed by atoms with Gasteiger partial charge in [0.2, 0.25) is 0 Å². The van der Waals surface area contributed by atoms with E-state index < -0.39 is 17.8 Å². The second-order valence-electron chi connectivity index (χ2n) is 3.38. The SMILES string of the molecule is CC/C=C(\C(=O)OCC)n1cnc(C(F)(F)F)c1. The number of allylic oxidation sites excluding steroid dienone is 1. The molecule has 1 heterocycles. The number of aromatic nitrogens is 2. The normalized spacial score (nSPS) is 12.6. The van der Waals surface area contributed by atoms with Crippen LogP contribution in [0.2, 0.25) is 0 Å². The Balaban J connectivity index is 3.05. The van der Waals surface area contributed by atoms with Crippen molar-refractivity contribution in [2.24, 2.45) is 0 Å². The molecule has 0 aromatic carbocycles. The average Bonchev–Trinajstić information content (AvgIpc) is 2.74. The van der Waals surface area contributed by atoms with Crippen LogP contribution < -0.4 is 0 Å². The summed E-state index contributed by atoms with van der Waals surface area (Å²) in [6.45, 7) is 3.54. The largest absolute Gasteiger partial charge is 0.461 e. The molecule has 1 rings (SSSR count). The second-order valence-corrected chi connectivity index (χ2v) is 3.38. The van der Waals surface area contributed by atoms with Crippen molar-refractivity contribution in [3.05, 3.63) is 24.3 Å². The summed E-state index contributed by atoms with van der Waals surface area (Å²) >= 11 is 0. The Kier molecular flexibility index (Phi) is 4.52. The van der Waals surface area contributed by atoms with Gasteiger partial charge in [0.05, 0.1) is 6.61 Å². The van der Waals surface area contributed by atoms with E-state index in [-0.39, 0.29) is 12.3 Å². The molecule has 0 saturated carbocycles. The zero-order valence-electron chi connectivity index (χ0n) is 9.99. The van der Waals surface area contributed by atoms with E-state index in [4.69, 9.17) is 4.74 Å². The number of ether oxygens (including phenoxy) is 1. The molecule has 4 nitrogen and oxygen atoms in total. The molecular formula is C11H13F3N2O2. The van der Waals surface area contributed by atoms with E-state index >= 15 is 0 Å². The Morgan fingerprint density at radius 2 is 2.17 bits per heavy atom. The van der Waals surface area contributed by atoms with Crippen LogP contribution >= 0.6 is 0 Å². The first-order valence-electron chi connectivity index (χ1n) is 5.39. The molecule has 0 unspecified atom stereocenters. The third kappa shape index (κ3) is 3.35. The highest BCUT2D eigenvalue weighted by Crippen LogP contribution is 2.28. The van der Waals surface area contributed by atoms with E-state index in [1.165, 1.54) is 6.08 Å². The Bertz CT molecular complexity index is 449. The van der Waals surface area contributed by atoms with Crippen LogP contribution in [0.4, 0.5) is 13.2 Å². The minimum atomic E-state index is -4.53. The number of hydrogen-bond acceptors (Lipinski definition) is 3. The number of nitrogens with zero attached hydrogens (tertiary/aromatic N) is 2. The summed E-state index contributed by atoms with van der Waals surface area (Å²) in [7, 11) is 0. The van der Waals surface area contributed by atoms with E-state index in [2.05, 4.69) is 4.98 Å². The van der Waals surface area contributed by atoms with Crippen LogP contribution in [0.5, 0.6) is 0 Å². The van der Waals surface area contributed by atoms with Gasteiger partial charge in [-0.2, -0.15) is 13.2 Å². The van der Waals surface area contributed by atoms with Crippen molar-refractivity contribution in [3.63, 3.8) is 0 Å². The number of halogens is 3. The number of carbonyl (C=O) groups is 1. The van der Waals surface area contributed by atoms with Gasteiger partial charge in [0.15, 0.2) is 5.69 Å². The van der Waals surface area contributed by atoms with Gasteiger partial charge in [0, 0.05) is 6.20 Å². The third-order valence-corrected chi connectivity index (χ3v) is 2.03. The predicted molar refractivity (Wildman–Crippen MR) is 58.4 cm³/mol. The van der Waals surface area contributed by atoms with Crippen LogP contribution in [0.25, 0.3) is 5.70 Å². The number of imidazole rings is 1. The van der Waals surface area contributed by atoms with Gasteiger partial charge < -0.3 is 4.74 Å². The van der Waals surface area contributed by atoms with Gasteiger partial charge >= 0.3 is 12.1 Å². The number of hydrogen-bond donors (Lipinski definition) is 0. The third-order valence-electron chi connectivity index (χ3n) is 2.03. The molecule has 0 aliphatic heterocycles. The van der Waals surface area contributed by atoms with Crippen LogP contribution in [0.15, 0.2) is 18.6 Å². The Morgan fingerprint density at radius 1 is 1.50 bits per heavy atom. The van der Waals surface area contributed by atoms with E-state index in [9.17, 15) is 18.0 Å². The van der Waals surface area contributed by atoms with Gasteiger partial charge in [-0.3, -0.25) is 4.57 Å². The van der Waals surface area contributed by atoms with Crippen molar-refractivity contribution in [1.29, 1.82) is 0 Å². The molecule has 0 aliphatic carbocycles. The van der Waals surface area contributed by atoms with Gasteiger partial charge in [-0.25, -0.2) is 9.78 Å². The molecule has 7 heteroatoms. The number of rotatable bonds is 4. The van der Waals surface area contributed by atoms with Crippen molar-refractivity contribution in [3.8, 4) is 0 Å². The van der Waals surface area contributed by atoms with Crippen molar-refractivity contribution in [1.82, 2.24) is 9.55 Å². The van der Waals surface area contributed by atoms with Crippen LogP contribution in [0.1, 0.15) is 26.0 Å². The van der Waals surface area contributed by atoms with E-state index in [0.29, 0.717) is 6.42 Å². The summed E-state index contributed by atoms with van der Waals surface area (Å²) in [5, 5.41) is 0. The first kappa shape index (κ1) is 14.3. The van der Waals surface area contributed by atoms with Crippen LogP contribution in [0.3, 0.4) is 0 Å². The van der Waals surface area contributed by atoms with Crippen molar-refractivity contribution in [2.45, 2.75) is 26.4 Å². The fraction of sp³-hybridized carbons (Fsp3) is 0.455. The lowest BCUT2D eigenvalue weighted by Gasteiger charge is -2.07. The summed E-state index contributed by atoms with van der Waals surface area (Å²) in [6.07, 6.45) is -0.843. The van der Waals surface area contributed by atoms with Gasteiger partial charge in [-0.05, 0) is 13.3 Å². The molecule has 0 N–H and O–H groups in total.